The number of rotatable bonds is 3. The summed E-state index contributed by atoms with van der Waals surface area (Å²) in [5.41, 5.74) is 3.90. The van der Waals surface area contributed by atoms with Gasteiger partial charge in [-0.3, -0.25) is 4.79 Å². The van der Waals surface area contributed by atoms with Crippen LogP contribution in [0.15, 0.2) is 10.7 Å². The summed E-state index contributed by atoms with van der Waals surface area (Å²) in [5, 5.41) is 0. The summed E-state index contributed by atoms with van der Waals surface area (Å²) in [6.45, 7) is 0. The minimum absolute atomic E-state index is 0.0104. The summed E-state index contributed by atoms with van der Waals surface area (Å²) in [6.07, 6.45) is -1.71. The summed E-state index contributed by atoms with van der Waals surface area (Å²) in [4.78, 5) is 14.4. The van der Waals surface area contributed by atoms with E-state index in [0.29, 0.717) is 0 Å². The number of nitrogens with two attached hydrogens (primary N) is 1. The van der Waals surface area contributed by atoms with Crippen molar-refractivity contribution in [3.63, 3.8) is 0 Å². The number of pyridine rings is 1. The van der Waals surface area contributed by atoms with Crippen LogP contribution in [0.5, 0.6) is 5.75 Å². The summed E-state index contributed by atoms with van der Waals surface area (Å²) in [5.74, 6) is -0.885. The lowest BCUT2D eigenvalue weighted by molar-refractivity contribution is 0.0979. The first-order valence-electron chi connectivity index (χ1n) is 3.79. The van der Waals surface area contributed by atoms with Crippen LogP contribution in [0, 0.1) is 0 Å². The number of hydrogen-bond acceptors (Lipinski definition) is 3. The van der Waals surface area contributed by atoms with Crippen LogP contribution in [-0.4, -0.2) is 18.0 Å². The molecule has 0 aliphatic rings. The molecule has 0 atom stereocenters. The first kappa shape index (κ1) is 11.8. The lowest BCUT2D eigenvalue weighted by atomic mass is 10.2. The molecule has 0 aliphatic heterocycles. The smallest absolute Gasteiger partial charge is 0.267 e. The normalized spacial score (nSPS) is 10.5. The molecule has 1 aromatic heterocycles. The van der Waals surface area contributed by atoms with Gasteiger partial charge in [-0.15, -0.1) is 0 Å². The Kier molecular flexibility index (Phi) is 3.57. The van der Waals surface area contributed by atoms with Crippen molar-refractivity contribution in [1.29, 1.82) is 0 Å². The van der Waals surface area contributed by atoms with E-state index in [1.807, 2.05) is 0 Å². The van der Waals surface area contributed by atoms with Crippen LogP contribution >= 0.6 is 15.9 Å². The van der Waals surface area contributed by atoms with E-state index in [9.17, 15) is 13.6 Å². The van der Waals surface area contributed by atoms with Crippen molar-refractivity contribution in [3.8, 4) is 5.75 Å². The minimum Gasteiger partial charge on any atom is -0.494 e. The van der Waals surface area contributed by atoms with Crippen LogP contribution in [0.2, 0.25) is 0 Å². The number of nitrogens with zero attached hydrogens (tertiary/aromatic N) is 1. The molecule has 0 fully saturated rings. The molecule has 1 heterocycles. The Morgan fingerprint density at radius 2 is 2.27 bits per heavy atom. The van der Waals surface area contributed by atoms with Gasteiger partial charge in [-0.2, -0.15) is 0 Å². The average molecular weight is 281 g/mol. The summed E-state index contributed by atoms with van der Waals surface area (Å²) in [7, 11) is 1.31. The number of carbonyl (C=O) groups is 1. The van der Waals surface area contributed by atoms with Crippen LogP contribution in [0.1, 0.15) is 22.5 Å². The predicted molar refractivity (Wildman–Crippen MR) is 52.0 cm³/mol. The van der Waals surface area contributed by atoms with E-state index in [4.69, 9.17) is 10.5 Å². The Morgan fingerprint density at radius 3 is 2.67 bits per heavy atom. The Bertz CT molecular complexity index is 398. The molecule has 0 saturated heterocycles. The van der Waals surface area contributed by atoms with Crippen molar-refractivity contribution >= 4 is 21.8 Å². The van der Waals surface area contributed by atoms with Crippen LogP contribution < -0.4 is 10.5 Å². The van der Waals surface area contributed by atoms with Crippen molar-refractivity contribution in [2.24, 2.45) is 5.73 Å². The molecule has 0 radical (unpaired) electrons. The molecule has 0 saturated carbocycles. The second-order valence-corrected chi connectivity index (χ2v) is 3.36. The van der Waals surface area contributed by atoms with Gasteiger partial charge in [0, 0.05) is 0 Å². The molecule has 1 rings (SSSR count). The van der Waals surface area contributed by atoms with Crippen LogP contribution in [0.3, 0.4) is 0 Å². The lowest BCUT2D eigenvalue weighted by Gasteiger charge is -2.10. The van der Waals surface area contributed by atoms with Crippen molar-refractivity contribution in [2.45, 2.75) is 6.43 Å². The maximum atomic E-state index is 12.6. The fourth-order valence-corrected chi connectivity index (χ4v) is 1.65. The number of primary amides is 1. The monoisotopic (exact) mass is 280 g/mol. The maximum absolute atomic E-state index is 12.6. The minimum atomic E-state index is -2.86. The summed E-state index contributed by atoms with van der Waals surface area (Å²) < 4.78 is 30.0. The van der Waals surface area contributed by atoms with E-state index in [1.165, 1.54) is 7.11 Å². The number of methoxy groups -OCH3 is 1. The quantitative estimate of drug-likeness (QED) is 0.920. The highest BCUT2D eigenvalue weighted by molar-refractivity contribution is 9.10. The van der Waals surface area contributed by atoms with E-state index in [0.717, 1.165) is 6.20 Å². The number of hydrogen-bond donors (Lipinski definition) is 1. The largest absolute Gasteiger partial charge is 0.494 e. The number of halogens is 3. The zero-order valence-electron chi connectivity index (χ0n) is 7.63. The Balaban J connectivity index is 3.44. The van der Waals surface area contributed by atoms with Crippen LogP contribution in [0.4, 0.5) is 8.78 Å². The molecule has 0 unspecified atom stereocenters. The van der Waals surface area contributed by atoms with Gasteiger partial charge in [0.1, 0.15) is 5.69 Å². The molecule has 0 aromatic carbocycles. The van der Waals surface area contributed by atoms with Gasteiger partial charge in [-0.25, -0.2) is 13.8 Å². The standard InChI is InChI=1S/C8H7BrF2N2O2/c1-15-3-2-13-6(8(12)14)4(5(3)9)7(10)11/h2,7H,1H3,(H2,12,14). The topological polar surface area (TPSA) is 65.2 Å². The first-order valence-corrected chi connectivity index (χ1v) is 4.58. The van der Waals surface area contributed by atoms with E-state index in [2.05, 4.69) is 20.9 Å². The SMILES string of the molecule is COc1cnc(C(N)=O)c(C(F)F)c1Br. The first-order chi connectivity index (χ1) is 6.99. The molecule has 7 heteroatoms. The number of alkyl halides is 2. The van der Waals surface area contributed by atoms with Gasteiger partial charge in [0.25, 0.3) is 12.3 Å². The van der Waals surface area contributed by atoms with E-state index in [1.54, 1.807) is 0 Å². The van der Waals surface area contributed by atoms with Crippen molar-refractivity contribution in [2.75, 3.05) is 7.11 Å². The van der Waals surface area contributed by atoms with Gasteiger partial charge in [0.2, 0.25) is 0 Å². The van der Waals surface area contributed by atoms with Crippen molar-refractivity contribution < 1.29 is 18.3 Å². The molecule has 1 amide bonds. The highest BCUT2D eigenvalue weighted by Crippen LogP contribution is 2.35. The third-order valence-corrected chi connectivity index (χ3v) is 2.51. The molecular weight excluding hydrogens is 274 g/mol. The van der Waals surface area contributed by atoms with Crippen molar-refractivity contribution in [3.05, 3.63) is 21.9 Å². The van der Waals surface area contributed by atoms with E-state index < -0.39 is 23.6 Å². The molecule has 2 N–H and O–H groups in total. The van der Waals surface area contributed by atoms with Gasteiger partial charge in [-0.05, 0) is 15.9 Å². The third-order valence-electron chi connectivity index (χ3n) is 1.69. The molecular formula is C8H7BrF2N2O2. The van der Waals surface area contributed by atoms with Gasteiger partial charge in [-0.1, -0.05) is 0 Å². The molecule has 0 aliphatic carbocycles. The molecule has 15 heavy (non-hydrogen) atoms. The molecule has 0 bridgehead atoms. The van der Waals surface area contributed by atoms with E-state index in [-0.39, 0.29) is 10.2 Å². The van der Waals surface area contributed by atoms with Crippen LogP contribution in [0.25, 0.3) is 0 Å². The van der Waals surface area contributed by atoms with Gasteiger partial charge in [0.05, 0.1) is 23.3 Å². The zero-order valence-corrected chi connectivity index (χ0v) is 9.22. The molecule has 0 spiro atoms. The maximum Gasteiger partial charge on any atom is 0.267 e. The second kappa shape index (κ2) is 4.52. The lowest BCUT2D eigenvalue weighted by Crippen LogP contribution is -2.16. The third kappa shape index (κ3) is 2.23. The summed E-state index contributed by atoms with van der Waals surface area (Å²) in [6, 6.07) is 0. The fourth-order valence-electron chi connectivity index (χ4n) is 1.02. The highest BCUT2D eigenvalue weighted by Gasteiger charge is 2.24. The van der Waals surface area contributed by atoms with Crippen molar-refractivity contribution in [1.82, 2.24) is 4.98 Å². The van der Waals surface area contributed by atoms with E-state index >= 15 is 0 Å². The number of amides is 1. The molecule has 1 aromatic rings. The summed E-state index contributed by atoms with van der Waals surface area (Å²) >= 11 is 2.91. The number of aromatic nitrogens is 1. The Hall–Kier alpha value is -1.24. The average Bonchev–Trinajstić information content (AvgIpc) is 2.16. The number of carbonyl (C=O) groups excluding carboxylic acids is 1. The van der Waals surface area contributed by atoms with Gasteiger partial charge < -0.3 is 10.5 Å². The predicted octanol–water partition coefficient (Wildman–Crippen LogP) is 1.89. The molecule has 82 valence electrons. The fraction of sp³-hybridized carbons (Fsp3) is 0.250. The number of ether oxygens (including phenoxy) is 1. The van der Waals surface area contributed by atoms with Gasteiger partial charge in [0.15, 0.2) is 5.75 Å². The molecule has 4 nitrogen and oxygen atoms in total. The Morgan fingerprint density at radius 1 is 1.67 bits per heavy atom. The highest BCUT2D eigenvalue weighted by atomic mass is 79.9. The second-order valence-electron chi connectivity index (χ2n) is 2.57. The Labute approximate surface area is 92.6 Å². The zero-order chi connectivity index (χ0) is 11.6. The van der Waals surface area contributed by atoms with Gasteiger partial charge >= 0.3 is 0 Å². The van der Waals surface area contributed by atoms with Crippen LogP contribution in [-0.2, 0) is 0 Å².